The summed E-state index contributed by atoms with van der Waals surface area (Å²) in [6.07, 6.45) is -0.277. The molecule has 0 spiro atoms. The molecule has 1 aliphatic carbocycles. The van der Waals surface area contributed by atoms with Crippen molar-refractivity contribution in [1.82, 2.24) is 15.1 Å². The van der Waals surface area contributed by atoms with Crippen molar-refractivity contribution in [2.45, 2.75) is 17.9 Å². The molecule has 2 heterocycles. The molecule has 2 aromatic carbocycles. The van der Waals surface area contributed by atoms with Crippen LogP contribution in [-0.4, -0.2) is 91.0 Å². The Bertz CT molecular complexity index is 1080. The van der Waals surface area contributed by atoms with Crippen LogP contribution in [0.1, 0.15) is 23.5 Å². The molecule has 9 heteroatoms. The molecule has 0 saturated carbocycles. The van der Waals surface area contributed by atoms with Crippen LogP contribution in [0.2, 0.25) is 0 Å². The number of carbonyl (C=O) groups excluding carboxylic acids is 2. The highest BCUT2D eigenvalue weighted by Gasteiger charge is 2.47. The van der Waals surface area contributed by atoms with Gasteiger partial charge in [0.2, 0.25) is 0 Å². The Labute approximate surface area is 203 Å². The van der Waals surface area contributed by atoms with Gasteiger partial charge in [0.25, 0.3) is 5.91 Å². The highest BCUT2D eigenvalue weighted by atomic mass is 16.6. The third-order valence-electron chi connectivity index (χ3n) is 7.13. The van der Waals surface area contributed by atoms with Crippen LogP contribution in [0.5, 0.6) is 0 Å². The Morgan fingerprint density at radius 1 is 1.00 bits per heavy atom. The number of amides is 2. The second-order valence-electron chi connectivity index (χ2n) is 9.30. The van der Waals surface area contributed by atoms with Crippen molar-refractivity contribution in [3.63, 3.8) is 0 Å². The quantitative estimate of drug-likeness (QED) is 0.652. The fraction of sp³-hybridized carbons (Fsp3) is 0.423. The maximum atomic E-state index is 13.4. The van der Waals surface area contributed by atoms with Crippen molar-refractivity contribution in [1.29, 1.82) is 0 Å². The Kier molecular flexibility index (Phi) is 6.44. The first-order valence-electron chi connectivity index (χ1n) is 11.9. The first-order chi connectivity index (χ1) is 17.0. The minimum atomic E-state index is -1.17. The van der Waals surface area contributed by atoms with E-state index in [0.717, 1.165) is 22.3 Å². The van der Waals surface area contributed by atoms with Gasteiger partial charge in [-0.25, -0.2) is 4.79 Å². The van der Waals surface area contributed by atoms with Crippen molar-refractivity contribution >= 4 is 18.0 Å². The molecule has 184 valence electrons. The van der Waals surface area contributed by atoms with Crippen molar-refractivity contribution in [3.05, 3.63) is 59.7 Å². The third kappa shape index (κ3) is 4.61. The summed E-state index contributed by atoms with van der Waals surface area (Å²) >= 11 is 0. The van der Waals surface area contributed by atoms with E-state index in [9.17, 15) is 14.4 Å². The number of alkyl carbamates (subject to hydrolysis) is 1. The van der Waals surface area contributed by atoms with Crippen molar-refractivity contribution in [2.24, 2.45) is 0 Å². The average molecular weight is 480 g/mol. The van der Waals surface area contributed by atoms with E-state index in [0.29, 0.717) is 39.2 Å². The predicted molar refractivity (Wildman–Crippen MR) is 127 cm³/mol. The standard InChI is InChI=1S/C26H29N3O6/c30-23(31)15-28-10-12-29(13-11-28)24(32)26(9-14-34-17-26)27-25(33)35-16-22-20-7-3-1-5-18(20)19-6-2-4-8-21(19)22/h1-8,22H,9-17H2,(H,27,33)(H,30,31). The topological polar surface area (TPSA) is 108 Å². The van der Waals surface area contributed by atoms with Crippen molar-refractivity contribution in [2.75, 3.05) is 52.5 Å². The molecule has 0 radical (unpaired) electrons. The van der Waals surface area contributed by atoms with Gasteiger partial charge in [-0.3, -0.25) is 14.5 Å². The lowest BCUT2D eigenvalue weighted by atomic mass is 9.96. The molecule has 2 saturated heterocycles. The number of carbonyl (C=O) groups is 3. The smallest absolute Gasteiger partial charge is 0.408 e. The van der Waals surface area contributed by atoms with E-state index in [1.165, 1.54) is 0 Å². The zero-order valence-corrected chi connectivity index (χ0v) is 19.4. The Morgan fingerprint density at radius 3 is 2.20 bits per heavy atom. The molecule has 35 heavy (non-hydrogen) atoms. The number of benzene rings is 2. The summed E-state index contributed by atoms with van der Waals surface area (Å²) in [5, 5.41) is 11.8. The minimum absolute atomic E-state index is 0.0473. The number of carboxylic acids is 1. The second kappa shape index (κ2) is 9.67. The monoisotopic (exact) mass is 479 g/mol. The number of ether oxygens (including phenoxy) is 2. The summed E-state index contributed by atoms with van der Waals surface area (Å²) in [6, 6.07) is 16.2. The molecule has 2 amide bonds. The lowest BCUT2D eigenvalue weighted by Gasteiger charge is -2.38. The summed E-state index contributed by atoms with van der Waals surface area (Å²) in [7, 11) is 0. The second-order valence-corrected chi connectivity index (χ2v) is 9.30. The summed E-state index contributed by atoms with van der Waals surface area (Å²) < 4.78 is 11.2. The summed E-state index contributed by atoms with van der Waals surface area (Å²) in [5.41, 5.74) is 3.37. The van der Waals surface area contributed by atoms with Crippen LogP contribution >= 0.6 is 0 Å². The van der Waals surface area contributed by atoms with E-state index >= 15 is 0 Å². The maximum Gasteiger partial charge on any atom is 0.408 e. The lowest BCUT2D eigenvalue weighted by molar-refractivity contribution is -0.142. The molecule has 2 fully saturated rings. The molecule has 2 aromatic rings. The van der Waals surface area contributed by atoms with Gasteiger partial charge in [0.1, 0.15) is 12.1 Å². The molecule has 1 unspecified atom stereocenters. The number of aliphatic carboxylic acids is 1. The molecule has 5 rings (SSSR count). The highest BCUT2D eigenvalue weighted by molar-refractivity contribution is 5.90. The fourth-order valence-electron chi connectivity index (χ4n) is 5.32. The molecule has 0 bridgehead atoms. The normalized spacial score (nSPS) is 21.9. The number of nitrogens with zero attached hydrogens (tertiary/aromatic N) is 2. The first-order valence-corrected chi connectivity index (χ1v) is 11.9. The fourth-order valence-corrected chi connectivity index (χ4v) is 5.32. The molecule has 9 nitrogen and oxygen atoms in total. The van der Waals surface area contributed by atoms with Crippen LogP contribution in [0.25, 0.3) is 11.1 Å². The summed E-state index contributed by atoms with van der Waals surface area (Å²) in [6.45, 7) is 2.33. The van der Waals surface area contributed by atoms with E-state index in [-0.39, 0.29) is 31.6 Å². The largest absolute Gasteiger partial charge is 0.480 e. The number of hydrogen-bond acceptors (Lipinski definition) is 6. The molecule has 0 aromatic heterocycles. The number of fused-ring (bicyclic) bond motifs is 3. The van der Waals surface area contributed by atoms with Gasteiger partial charge in [0.15, 0.2) is 0 Å². The number of nitrogens with one attached hydrogen (secondary N) is 1. The van der Waals surface area contributed by atoms with E-state index in [2.05, 4.69) is 29.6 Å². The van der Waals surface area contributed by atoms with Crippen LogP contribution in [0.3, 0.4) is 0 Å². The molecule has 2 N–H and O–H groups in total. The van der Waals surface area contributed by atoms with E-state index in [4.69, 9.17) is 14.6 Å². The number of piperazine rings is 1. The van der Waals surface area contributed by atoms with Gasteiger partial charge in [-0.05, 0) is 22.3 Å². The Hall–Kier alpha value is -3.43. The third-order valence-corrected chi connectivity index (χ3v) is 7.13. The first kappa shape index (κ1) is 23.3. The van der Waals surface area contributed by atoms with E-state index < -0.39 is 17.6 Å². The van der Waals surface area contributed by atoms with Crippen LogP contribution in [-0.2, 0) is 19.1 Å². The van der Waals surface area contributed by atoms with Gasteiger partial charge >= 0.3 is 12.1 Å². The highest BCUT2D eigenvalue weighted by Crippen LogP contribution is 2.44. The van der Waals surface area contributed by atoms with Gasteiger partial charge in [-0.1, -0.05) is 48.5 Å². The van der Waals surface area contributed by atoms with Gasteiger partial charge in [-0.2, -0.15) is 0 Å². The van der Waals surface area contributed by atoms with Crippen molar-refractivity contribution < 1.29 is 29.0 Å². The number of hydrogen-bond donors (Lipinski definition) is 2. The summed E-state index contributed by atoms with van der Waals surface area (Å²) in [4.78, 5) is 40.8. The van der Waals surface area contributed by atoms with Crippen LogP contribution < -0.4 is 5.32 Å². The SMILES string of the molecule is O=C(O)CN1CCN(C(=O)C2(NC(=O)OCC3c4ccccc4-c4ccccc43)CCOC2)CC1. The zero-order valence-electron chi connectivity index (χ0n) is 19.4. The maximum absolute atomic E-state index is 13.4. The van der Waals surface area contributed by atoms with Gasteiger partial charge in [-0.15, -0.1) is 0 Å². The van der Waals surface area contributed by atoms with Gasteiger partial charge < -0.3 is 24.8 Å². The molecular formula is C26H29N3O6. The number of carboxylic acid groups (broad SMARTS) is 1. The van der Waals surface area contributed by atoms with Crippen LogP contribution in [0.4, 0.5) is 4.79 Å². The Morgan fingerprint density at radius 2 is 1.63 bits per heavy atom. The number of rotatable bonds is 6. The minimum Gasteiger partial charge on any atom is -0.480 e. The van der Waals surface area contributed by atoms with Gasteiger partial charge in [0.05, 0.1) is 13.2 Å². The molecular weight excluding hydrogens is 450 g/mol. The predicted octanol–water partition coefficient (Wildman–Crippen LogP) is 1.91. The average Bonchev–Trinajstić information content (AvgIpc) is 3.46. The molecule has 2 aliphatic heterocycles. The van der Waals surface area contributed by atoms with E-state index in [1.807, 2.05) is 24.3 Å². The summed E-state index contributed by atoms with van der Waals surface area (Å²) in [5.74, 6) is -1.16. The van der Waals surface area contributed by atoms with Crippen molar-refractivity contribution in [3.8, 4) is 11.1 Å². The Balaban J connectivity index is 1.23. The van der Waals surface area contributed by atoms with E-state index in [1.54, 1.807) is 9.80 Å². The van der Waals surface area contributed by atoms with Gasteiger partial charge in [0, 0.05) is 45.1 Å². The molecule has 3 aliphatic rings. The van der Waals surface area contributed by atoms with Crippen LogP contribution in [0.15, 0.2) is 48.5 Å². The zero-order chi connectivity index (χ0) is 24.4. The van der Waals surface area contributed by atoms with Crippen LogP contribution in [0, 0.1) is 0 Å². The molecule has 1 atom stereocenters. The lowest BCUT2D eigenvalue weighted by Crippen LogP contribution is -2.63.